The molecule has 0 saturated heterocycles. The molecule has 1 atom stereocenters. The van der Waals surface area contributed by atoms with Crippen LogP contribution in [0.15, 0.2) is 48.5 Å². The van der Waals surface area contributed by atoms with Crippen molar-refractivity contribution in [1.82, 2.24) is 10.2 Å². The largest absolute Gasteiger partial charge is 0.354 e. The molecule has 0 aromatic heterocycles. The third-order valence-corrected chi connectivity index (χ3v) is 7.15. The number of benzene rings is 2. The number of nitrogens with one attached hydrogen (secondary N) is 1. The average molecular weight is 543 g/mol. The molecule has 7 nitrogen and oxygen atoms in total. The summed E-state index contributed by atoms with van der Waals surface area (Å²) >= 11 is 12.1. The van der Waals surface area contributed by atoms with Crippen molar-refractivity contribution < 1.29 is 18.0 Å². The lowest BCUT2D eigenvalue weighted by atomic mass is 10.1. The van der Waals surface area contributed by atoms with Gasteiger partial charge in [-0.1, -0.05) is 54.7 Å². The second kappa shape index (κ2) is 13.7. The zero-order chi connectivity index (χ0) is 26.0. The van der Waals surface area contributed by atoms with Crippen molar-refractivity contribution >= 4 is 50.7 Å². The van der Waals surface area contributed by atoms with Gasteiger partial charge in [0.2, 0.25) is 21.8 Å². The molecule has 0 heterocycles. The van der Waals surface area contributed by atoms with E-state index >= 15 is 0 Å². The molecule has 0 radical (unpaired) electrons. The molecule has 2 rings (SSSR count). The van der Waals surface area contributed by atoms with E-state index in [-0.39, 0.29) is 37.7 Å². The lowest BCUT2D eigenvalue weighted by Crippen LogP contribution is -2.48. The van der Waals surface area contributed by atoms with Gasteiger partial charge in [-0.3, -0.25) is 13.9 Å². The molecule has 2 aromatic carbocycles. The lowest BCUT2D eigenvalue weighted by molar-refractivity contribution is -0.140. The van der Waals surface area contributed by atoms with Crippen molar-refractivity contribution in [3.8, 4) is 0 Å². The SMILES string of the molecule is CCCCNC(=O)[C@@H](C)N(Cc1cccc(Cl)c1)C(=O)CCCN(c1cccc(Cl)c1)S(C)(=O)=O. The van der Waals surface area contributed by atoms with E-state index in [1.807, 2.05) is 13.0 Å². The highest BCUT2D eigenvalue weighted by Gasteiger charge is 2.26. The van der Waals surface area contributed by atoms with Gasteiger partial charge in [0.15, 0.2) is 0 Å². The van der Waals surface area contributed by atoms with E-state index in [2.05, 4.69) is 5.32 Å². The number of nitrogens with zero attached hydrogens (tertiary/aromatic N) is 2. The Morgan fingerprint density at radius 3 is 2.29 bits per heavy atom. The van der Waals surface area contributed by atoms with Gasteiger partial charge < -0.3 is 10.2 Å². The first-order valence-corrected chi connectivity index (χ1v) is 14.2. The van der Waals surface area contributed by atoms with Crippen LogP contribution in [0.2, 0.25) is 10.0 Å². The van der Waals surface area contributed by atoms with Gasteiger partial charge in [0, 0.05) is 36.1 Å². The minimum Gasteiger partial charge on any atom is -0.354 e. The Labute approximate surface area is 218 Å². The van der Waals surface area contributed by atoms with Gasteiger partial charge in [0.25, 0.3) is 0 Å². The Bertz CT molecular complexity index is 1110. The molecule has 0 unspecified atom stereocenters. The number of anilines is 1. The van der Waals surface area contributed by atoms with Crippen molar-refractivity contribution in [2.45, 2.75) is 52.1 Å². The Hall–Kier alpha value is -2.29. The van der Waals surface area contributed by atoms with Gasteiger partial charge >= 0.3 is 0 Å². The number of rotatable bonds is 13. The predicted octanol–water partition coefficient (Wildman–Crippen LogP) is 4.87. The molecule has 0 spiro atoms. The maximum atomic E-state index is 13.3. The standard InChI is InChI=1S/C25H33Cl2N3O4S/c1-4-5-14-28-25(32)19(2)29(18-20-9-6-10-21(26)16-20)24(31)13-8-15-30(35(3,33)34)23-12-7-11-22(27)17-23/h6-7,9-12,16-17,19H,4-5,8,13-15,18H2,1-3H3,(H,28,32)/t19-/m1/s1. The zero-order valence-corrected chi connectivity index (χ0v) is 22.7. The van der Waals surface area contributed by atoms with Crippen LogP contribution in [0.4, 0.5) is 5.69 Å². The number of hydrogen-bond acceptors (Lipinski definition) is 4. The lowest BCUT2D eigenvalue weighted by Gasteiger charge is -2.29. The highest BCUT2D eigenvalue weighted by Crippen LogP contribution is 2.23. The van der Waals surface area contributed by atoms with Crippen LogP contribution in [0.3, 0.4) is 0 Å². The molecular weight excluding hydrogens is 509 g/mol. The fraction of sp³-hybridized carbons (Fsp3) is 0.440. The number of amides is 2. The van der Waals surface area contributed by atoms with E-state index in [9.17, 15) is 18.0 Å². The van der Waals surface area contributed by atoms with E-state index in [0.29, 0.717) is 22.3 Å². The highest BCUT2D eigenvalue weighted by molar-refractivity contribution is 7.92. The summed E-state index contributed by atoms with van der Waals surface area (Å²) in [6.07, 6.45) is 3.26. The van der Waals surface area contributed by atoms with Gasteiger partial charge in [-0.15, -0.1) is 0 Å². The second-order valence-electron chi connectivity index (χ2n) is 8.39. The first-order valence-electron chi connectivity index (χ1n) is 11.6. The van der Waals surface area contributed by atoms with Crippen molar-refractivity contribution in [1.29, 1.82) is 0 Å². The summed E-state index contributed by atoms with van der Waals surface area (Å²) in [5, 5.41) is 3.84. The Morgan fingerprint density at radius 2 is 1.69 bits per heavy atom. The molecule has 0 aliphatic rings. The molecule has 2 aromatic rings. The van der Waals surface area contributed by atoms with Crippen LogP contribution < -0.4 is 9.62 Å². The van der Waals surface area contributed by atoms with E-state index < -0.39 is 16.1 Å². The normalized spacial score (nSPS) is 12.1. The van der Waals surface area contributed by atoms with E-state index in [4.69, 9.17) is 23.2 Å². The van der Waals surface area contributed by atoms with Crippen LogP contribution in [0, 0.1) is 0 Å². The molecule has 192 valence electrons. The smallest absolute Gasteiger partial charge is 0.242 e. The third-order valence-electron chi connectivity index (χ3n) is 5.49. The fourth-order valence-corrected chi connectivity index (χ4v) is 4.94. The third kappa shape index (κ3) is 9.35. The Balaban J connectivity index is 2.14. The van der Waals surface area contributed by atoms with Crippen LogP contribution in [0.5, 0.6) is 0 Å². The number of carbonyl (C=O) groups excluding carboxylic acids is 2. The maximum absolute atomic E-state index is 13.3. The minimum absolute atomic E-state index is 0.0692. The predicted molar refractivity (Wildman–Crippen MR) is 142 cm³/mol. The molecule has 0 saturated carbocycles. The van der Waals surface area contributed by atoms with Gasteiger partial charge in [-0.05, 0) is 55.7 Å². The molecule has 0 bridgehead atoms. The molecule has 0 aliphatic carbocycles. The van der Waals surface area contributed by atoms with Gasteiger partial charge in [-0.25, -0.2) is 8.42 Å². The highest BCUT2D eigenvalue weighted by atomic mass is 35.5. The molecule has 0 aliphatic heterocycles. The molecule has 10 heteroatoms. The molecule has 0 fully saturated rings. The topological polar surface area (TPSA) is 86.8 Å². The van der Waals surface area contributed by atoms with Crippen molar-refractivity contribution in [3.63, 3.8) is 0 Å². The summed E-state index contributed by atoms with van der Waals surface area (Å²) in [6, 6.07) is 13.0. The van der Waals surface area contributed by atoms with E-state index in [0.717, 1.165) is 24.7 Å². The van der Waals surface area contributed by atoms with Gasteiger partial charge in [0.1, 0.15) is 6.04 Å². The summed E-state index contributed by atoms with van der Waals surface area (Å²) in [5.41, 5.74) is 1.24. The average Bonchev–Trinajstić information content (AvgIpc) is 2.79. The fourth-order valence-electron chi connectivity index (χ4n) is 3.59. The molecule has 1 N–H and O–H groups in total. The van der Waals surface area contributed by atoms with Crippen LogP contribution in [0.1, 0.15) is 45.1 Å². The maximum Gasteiger partial charge on any atom is 0.242 e. The van der Waals surface area contributed by atoms with E-state index in [1.165, 1.54) is 9.21 Å². The summed E-state index contributed by atoms with van der Waals surface area (Å²) in [5.74, 6) is -0.479. The monoisotopic (exact) mass is 541 g/mol. The number of hydrogen-bond donors (Lipinski definition) is 1. The van der Waals surface area contributed by atoms with Crippen LogP contribution in [0.25, 0.3) is 0 Å². The van der Waals surface area contributed by atoms with Crippen molar-refractivity contribution in [3.05, 3.63) is 64.1 Å². The summed E-state index contributed by atoms with van der Waals surface area (Å²) in [4.78, 5) is 27.5. The number of halogens is 2. The Kier molecular flexibility index (Phi) is 11.3. The van der Waals surface area contributed by atoms with Gasteiger partial charge in [0.05, 0.1) is 11.9 Å². The first kappa shape index (κ1) is 28.9. The van der Waals surface area contributed by atoms with Crippen LogP contribution in [-0.2, 0) is 26.2 Å². The second-order valence-corrected chi connectivity index (χ2v) is 11.2. The summed E-state index contributed by atoms with van der Waals surface area (Å²) in [7, 11) is -3.58. The van der Waals surface area contributed by atoms with Gasteiger partial charge in [-0.2, -0.15) is 0 Å². The van der Waals surface area contributed by atoms with Crippen LogP contribution >= 0.6 is 23.2 Å². The van der Waals surface area contributed by atoms with E-state index in [1.54, 1.807) is 49.4 Å². The first-order chi connectivity index (χ1) is 16.5. The number of carbonyl (C=O) groups is 2. The quantitative estimate of drug-likeness (QED) is 0.366. The zero-order valence-electron chi connectivity index (χ0n) is 20.3. The molecule has 35 heavy (non-hydrogen) atoms. The number of sulfonamides is 1. The number of unbranched alkanes of at least 4 members (excludes halogenated alkanes) is 1. The summed E-state index contributed by atoms with van der Waals surface area (Å²) < 4.78 is 26.0. The minimum atomic E-state index is -3.58. The van der Waals surface area contributed by atoms with Crippen molar-refractivity contribution in [2.24, 2.45) is 0 Å². The molecule has 2 amide bonds. The van der Waals surface area contributed by atoms with Crippen LogP contribution in [-0.4, -0.2) is 50.5 Å². The summed E-state index contributed by atoms with van der Waals surface area (Å²) in [6.45, 7) is 4.59. The Morgan fingerprint density at radius 1 is 1.03 bits per heavy atom. The van der Waals surface area contributed by atoms with Crippen molar-refractivity contribution in [2.75, 3.05) is 23.7 Å². The molecular formula is C25H33Cl2N3O4S.